The van der Waals surface area contributed by atoms with E-state index in [-0.39, 0.29) is 52.8 Å². The van der Waals surface area contributed by atoms with Crippen LogP contribution in [0.15, 0.2) is 163 Å². The summed E-state index contributed by atoms with van der Waals surface area (Å²) in [5.41, 5.74) is -5.52. The van der Waals surface area contributed by atoms with Gasteiger partial charge in [0.05, 0.1) is 34.2 Å². The third-order valence-electron chi connectivity index (χ3n) is 10.8. The molecular weight excluding hydrogens is 1060 g/mol. The summed E-state index contributed by atoms with van der Waals surface area (Å²) in [6.45, 7) is -0.434. The molecule has 2 N–H and O–H groups in total. The Bertz CT molecular complexity index is 2750. The summed E-state index contributed by atoms with van der Waals surface area (Å²) >= 11 is 6.29. The normalized spacial score (nSPS) is 12.4. The summed E-state index contributed by atoms with van der Waals surface area (Å²) in [5.74, 6) is -0.365. The average Bonchev–Trinajstić information content (AvgIpc) is 3.31. The molecule has 73 heavy (non-hydrogen) atoms. The Hall–Kier alpha value is -6.00. The van der Waals surface area contributed by atoms with Gasteiger partial charge in [0.2, 0.25) is 0 Å². The fraction of sp³-hybridized carbons (Fsp3) is 0.260. The number of carbonyl (C=O) groups is 1. The zero-order valence-electron chi connectivity index (χ0n) is 37.7. The molecule has 0 saturated carbocycles. The molecule has 6 aromatic rings. The van der Waals surface area contributed by atoms with E-state index in [2.05, 4.69) is 29.2 Å². The second-order valence-electron chi connectivity index (χ2n) is 16.0. The number of hydrogen-bond donors (Lipinski definition) is 2. The molecule has 394 valence electrons. The van der Waals surface area contributed by atoms with Gasteiger partial charge in [-0.2, -0.15) is 52.7 Å². The summed E-state index contributed by atoms with van der Waals surface area (Å²) in [6.07, 6.45) is -21.6. The lowest BCUT2D eigenvalue weighted by Crippen LogP contribution is -2.53. The molecule has 0 amide bonds. The largest absolute Gasteiger partial charge is 0.494 e. The first-order valence-electron chi connectivity index (χ1n) is 21.3. The molecule has 0 heterocycles. The van der Waals surface area contributed by atoms with Gasteiger partial charge in [-0.3, -0.25) is 14.0 Å². The van der Waals surface area contributed by atoms with E-state index in [1.165, 1.54) is 24.3 Å². The Kier molecular flexibility index (Phi) is 20.2. The molecule has 0 aliphatic heterocycles. The van der Waals surface area contributed by atoms with E-state index in [4.69, 9.17) is 21.4 Å². The molecule has 0 saturated heterocycles. The van der Waals surface area contributed by atoms with Crippen molar-refractivity contribution >= 4 is 45.7 Å². The van der Waals surface area contributed by atoms with Crippen LogP contribution in [0.4, 0.5) is 58.4 Å². The Morgan fingerprint density at radius 3 is 1.68 bits per heavy atom. The number of aliphatic carboxylic acids is 1. The second-order valence-corrected chi connectivity index (χ2v) is 18.2. The van der Waals surface area contributed by atoms with Gasteiger partial charge < -0.3 is 14.9 Å². The van der Waals surface area contributed by atoms with Crippen LogP contribution in [-0.2, 0) is 39.6 Å². The van der Waals surface area contributed by atoms with Gasteiger partial charge in [0, 0.05) is 31.1 Å². The number of nitrogens with zero attached hydrogens (tertiary/aromatic N) is 2. The molecule has 0 aromatic heterocycles. The van der Waals surface area contributed by atoms with Crippen LogP contribution in [-0.4, -0.2) is 74.3 Å². The van der Waals surface area contributed by atoms with Crippen LogP contribution in [0.5, 0.6) is 5.75 Å². The minimum absolute atomic E-state index is 0. The molecule has 8 nitrogen and oxygen atoms in total. The Labute approximate surface area is 422 Å². The van der Waals surface area contributed by atoms with E-state index in [0.717, 1.165) is 29.3 Å². The van der Waals surface area contributed by atoms with E-state index in [1.54, 1.807) is 30.3 Å². The fourth-order valence-electron chi connectivity index (χ4n) is 7.38. The monoisotopic (exact) mass is 1100 g/mol. The summed E-state index contributed by atoms with van der Waals surface area (Å²) in [4.78, 5) is 12.6. The van der Waals surface area contributed by atoms with Crippen molar-refractivity contribution in [2.24, 2.45) is 0 Å². The molecular formula is C50H44Cl2F12N2O6S. The van der Waals surface area contributed by atoms with Gasteiger partial charge >= 0.3 is 30.7 Å². The van der Waals surface area contributed by atoms with E-state index >= 15 is 0 Å². The van der Waals surface area contributed by atoms with Crippen molar-refractivity contribution in [1.82, 2.24) is 4.90 Å². The van der Waals surface area contributed by atoms with E-state index in [9.17, 15) is 71.0 Å². The zero-order valence-corrected chi connectivity index (χ0v) is 40.1. The van der Waals surface area contributed by atoms with Crippen molar-refractivity contribution in [2.45, 2.75) is 60.5 Å². The highest BCUT2D eigenvalue weighted by molar-refractivity contribution is 7.92. The van der Waals surface area contributed by atoms with Crippen LogP contribution in [0.25, 0.3) is 0 Å². The highest BCUT2D eigenvalue weighted by atomic mass is 35.5. The van der Waals surface area contributed by atoms with Crippen molar-refractivity contribution in [1.29, 1.82) is 0 Å². The number of halogens is 14. The van der Waals surface area contributed by atoms with E-state index in [0.29, 0.717) is 55.1 Å². The predicted molar refractivity (Wildman–Crippen MR) is 251 cm³/mol. The molecule has 0 fully saturated rings. The quantitative estimate of drug-likeness (QED) is 0.0652. The molecule has 6 rings (SSSR count). The maximum atomic E-state index is 13.6. The second kappa shape index (κ2) is 24.8. The van der Waals surface area contributed by atoms with E-state index < -0.39 is 74.6 Å². The lowest BCUT2D eigenvalue weighted by Gasteiger charge is -2.33. The SMILES string of the molecule is Cl.O=C(O)Cc1cccc(OCCCN(Cc2cccc(C(F)(F)F)c2Cl)CC(c2ccccc2)c2ccccc2)c1.O=S(=O)(c1ccccc1)N(CC(F)(F)F)c1ccc(C(O)(C(F)(F)F)C(F)(F)F)cc1. The van der Waals surface area contributed by atoms with Gasteiger partial charge in [0.1, 0.15) is 12.3 Å². The van der Waals surface area contributed by atoms with Gasteiger partial charge in [-0.15, -0.1) is 12.4 Å². The van der Waals surface area contributed by atoms with Gasteiger partial charge in [-0.05, 0) is 71.1 Å². The number of alkyl halides is 12. The topological polar surface area (TPSA) is 107 Å². The number of carboxylic acids is 1. The first-order valence-corrected chi connectivity index (χ1v) is 23.1. The Balaban J connectivity index is 0.000000325. The minimum atomic E-state index is -6.21. The van der Waals surface area contributed by atoms with Crippen molar-refractivity contribution in [3.63, 3.8) is 0 Å². The lowest BCUT2D eigenvalue weighted by molar-refractivity contribution is -0.376. The number of aliphatic hydroxyl groups is 1. The Morgan fingerprint density at radius 2 is 1.19 bits per heavy atom. The molecule has 0 unspecified atom stereocenters. The molecule has 0 aliphatic carbocycles. The van der Waals surface area contributed by atoms with Gasteiger partial charge in [0.15, 0.2) is 0 Å². The van der Waals surface area contributed by atoms with Crippen LogP contribution < -0.4 is 9.04 Å². The third kappa shape index (κ3) is 16.0. The van der Waals surface area contributed by atoms with Crippen LogP contribution in [0.1, 0.15) is 45.7 Å². The summed E-state index contributed by atoms with van der Waals surface area (Å²) in [6, 6.07) is 37.4. The molecule has 6 aromatic carbocycles. The minimum Gasteiger partial charge on any atom is -0.494 e. The molecule has 0 atom stereocenters. The summed E-state index contributed by atoms with van der Waals surface area (Å²) in [5, 5.41) is 18.1. The maximum Gasteiger partial charge on any atom is 0.430 e. The van der Waals surface area contributed by atoms with Crippen LogP contribution in [0.3, 0.4) is 0 Å². The number of carboxylic acid groups (broad SMARTS) is 1. The number of sulfonamides is 1. The summed E-state index contributed by atoms with van der Waals surface area (Å²) < 4.78 is 188. The number of benzene rings is 6. The molecule has 0 aliphatic rings. The fourth-order valence-corrected chi connectivity index (χ4v) is 9.15. The third-order valence-corrected chi connectivity index (χ3v) is 13.0. The highest BCUT2D eigenvalue weighted by Crippen LogP contribution is 2.50. The maximum absolute atomic E-state index is 13.6. The van der Waals surface area contributed by atoms with Gasteiger partial charge in [0.25, 0.3) is 15.6 Å². The highest BCUT2D eigenvalue weighted by Gasteiger charge is 2.71. The number of rotatable bonds is 18. The smallest absolute Gasteiger partial charge is 0.430 e. The van der Waals surface area contributed by atoms with E-state index in [1.807, 2.05) is 36.4 Å². The first kappa shape index (κ1) is 59.6. The number of anilines is 1. The Morgan fingerprint density at radius 1 is 0.671 bits per heavy atom. The van der Waals surface area contributed by atoms with Crippen molar-refractivity contribution in [3.05, 3.63) is 196 Å². The number of hydrogen-bond acceptors (Lipinski definition) is 6. The lowest BCUT2D eigenvalue weighted by atomic mass is 9.90. The van der Waals surface area contributed by atoms with Crippen molar-refractivity contribution < 1.29 is 80.8 Å². The first-order chi connectivity index (χ1) is 33.6. The van der Waals surface area contributed by atoms with Crippen molar-refractivity contribution in [2.75, 3.05) is 30.5 Å². The molecule has 0 spiro atoms. The summed E-state index contributed by atoms with van der Waals surface area (Å²) in [7, 11) is -4.89. The molecule has 0 radical (unpaired) electrons. The zero-order chi connectivity index (χ0) is 53.1. The van der Waals surface area contributed by atoms with Crippen LogP contribution in [0.2, 0.25) is 5.02 Å². The molecule has 23 heteroatoms. The van der Waals surface area contributed by atoms with Gasteiger partial charge in [-0.1, -0.05) is 127 Å². The predicted octanol–water partition coefficient (Wildman–Crippen LogP) is 13.3. The van der Waals surface area contributed by atoms with Crippen molar-refractivity contribution in [3.8, 4) is 5.75 Å². The molecule has 0 bridgehead atoms. The van der Waals surface area contributed by atoms with Crippen LogP contribution in [0, 0.1) is 0 Å². The van der Waals surface area contributed by atoms with Crippen LogP contribution >= 0.6 is 24.0 Å². The van der Waals surface area contributed by atoms with Gasteiger partial charge in [-0.25, -0.2) is 8.42 Å². The standard InChI is InChI=1S/C33H31ClF3NO3.C17H12F9NO3S.ClH/c34-32-27(15-8-17-30(32)33(35,36)37)22-38(18-9-19-41-28-16-7-10-24(20-28)21-31(39)40)23-29(25-11-3-1-4-12-25)26-13-5-2-6-14-26;18-14(19,20)10-27(31(29,30)13-4-2-1-3-5-13)12-8-6-11(7-9-12)15(28,16(21,22)23)17(24,25)26;/h1-8,10-17,20,29H,9,18-19,21-23H2,(H,39,40);1-9,28H,10H2;1H. The average molecular weight is 1100 g/mol. The number of ether oxygens (including phenoxy) is 1.